The predicted octanol–water partition coefficient (Wildman–Crippen LogP) is 11.9. The molecule has 0 saturated carbocycles. The number of hydrogen-bond acceptors (Lipinski definition) is 1. The second-order valence-electron chi connectivity index (χ2n) is 12.1. The van der Waals surface area contributed by atoms with E-state index in [-0.39, 0.29) is 0 Å². The maximum Gasteiger partial charge on any atom is 0.136 e. The zero-order chi connectivity index (χ0) is 28.5. The van der Waals surface area contributed by atoms with E-state index in [1.807, 2.05) is 0 Å². The SMILES string of the molecule is c1ccc2cc(-n3c4ccccc4c4c5cccc6c7cccc8c9c(cc(c(cc43)c65)c78)oc3ccccc39)ccc2c1. The Balaban J connectivity index is 1.40. The van der Waals surface area contributed by atoms with Gasteiger partial charge in [0, 0.05) is 27.2 Å². The van der Waals surface area contributed by atoms with Crippen molar-refractivity contribution in [3.8, 4) is 5.69 Å². The Morgan fingerprint density at radius 3 is 1.82 bits per heavy atom. The predicted molar refractivity (Wildman–Crippen MR) is 187 cm³/mol. The molecule has 0 atom stereocenters. The number of rotatable bonds is 1. The standard InChI is InChI=1S/C42H23NO/c1-2-10-25-21-26(20-19-24(25)9-1)43-35-17-5-3-11-29(35)41-31-15-7-13-27-28-14-8-16-32-40(28)34(33(39(27)31)22-36(41)43)23-38-42(32)30-12-4-6-18-37(30)44-38/h1-23H. The molecule has 0 aliphatic heterocycles. The molecule has 9 aromatic carbocycles. The van der Waals surface area contributed by atoms with Crippen LogP contribution in [0.1, 0.15) is 0 Å². The van der Waals surface area contributed by atoms with Gasteiger partial charge < -0.3 is 8.98 Å². The minimum Gasteiger partial charge on any atom is -0.456 e. The first kappa shape index (κ1) is 22.7. The molecular weight excluding hydrogens is 534 g/mol. The molecule has 202 valence electrons. The van der Waals surface area contributed by atoms with E-state index in [0.717, 1.165) is 11.2 Å². The van der Waals surface area contributed by atoms with Gasteiger partial charge >= 0.3 is 0 Å². The summed E-state index contributed by atoms with van der Waals surface area (Å²) in [5.74, 6) is 0. The summed E-state index contributed by atoms with van der Waals surface area (Å²) in [7, 11) is 0. The summed E-state index contributed by atoms with van der Waals surface area (Å²) in [6, 6.07) is 51.0. The highest BCUT2D eigenvalue weighted by atomic mass is 16.3. The minimum absolute atomic E-state index is 0.931. The van der Waals surface area contributed by atoms with E-state index in [9.17, 15) is 0 Å². The van der Waals surface area contributed by atoms with Gasteiger partial charge in [-0.3, -0.25) is 0 Å². The van der Waals surface area contributed by atoms with Crippen LogP contribution in [-0.2, 0) is 0 Å². The second kappa shape index (κ2) is 7.94. The molecule has 0 aliphatic rings. The molecule has 0 N–H and O–H groups in total. The fraction of sp³-hybridized carbons (Fsp3) is 0. The van der Waals surface area contributed by atoms with Crippen molar-refractivity contribution in [3.05, 3.63) is 140 Å². The molecule has 0 amide bonds. The summed E-state index contributed by atoms with van der Waals surface area (Å²) in [6.45, 7) is 0. The third kappa shape index (κ3) is 2.72. The zero-order valence-corrected chi connectivity index (χ0v) is 23.6. The lowest BCUT2D eigenvalue weighted by Crippen LogP contribution is -1.94. The molecular formula is C42H23NO. The molecule has 0 fully saturated rings. The van der Waals surface area contributed by atoms with E-state index in [2.05, 4.69) is 144 Å². The first-order valence-electron chi connectivity index (χ1n) is 15.2. The number of furan rings is 1. The van der Waals surface area contributed by atoms with E-state index < -0.39 is 0 Å². The summed E-state index contributed by atoms with van der Waals surface area (Å²) in [6.07, 6.45) is 0. The Morgan fingerprint density at radius 1 is 0.341 bits per heavy atom. The maximum absolute atomic E-state index is 6.52. The van der Waals surface area contributed by atoms with Crippen LogP contribution >= 0.6 is 0 Å². The third-order valence-corrected chi connectivity index (χ3v) is 9.87. The largest absolute Gasteiger partial charge is 0.456 e. The highest BCUT2D eigenvalue weighted by Gasteiger charge is 2.22. The topological polar surface area (TPSA) is 18.1 Å². The highest BCUT2D eigenvalue weighted by molar-refractivity contribution is 6.41. The first-order valence-corrected chi connectivity index (χ1v) is 15.2. The van der Waals surface area contributed by atoms with Gasteiger partial charge in [-0.15, -0.1) is 0 Å². The molecule has 11 aromatic rings. The Hall–Kier alpha value is -5.86. The number of para-hydroxylation sites is 2. The molecule has 44 heavy (non-hydrogen) atoms. The van der Waals surface area contributed by atoms with E-state index in [4.69, 9.17) is 4.42 Å². The van der Waals surface area contributed by atoms with Gasteiger partial charge in [0.2, 0.25) is 0 Å². The van der Waals surface area contributed by atoms with Crippen LogP contribution in [-0.4, -0.2) is 4.57 Å². The van der Waals surface area contributed by atoms with Crippen LogP contribution in [0.5, 0.6) is 0 Å². The van der Waals surface area contributed by atoms with Gasteiger partial charge in [0.05, 0.1) is 11.0 Å². The van der Waals surface area contributed by atoms with Crippen LogP contribution in [0.15, 0.2) is 144 Å². The Labute approximate surface area is 251 Å². The van der Waals surface area contributed by atoms with Crippen molar-refractivity contribution in [2.45, 2.75) is 0 Å². The summed E-state index contributed by atoms with van der Waals surface area (Å²) in [5.41, 5.74) is 5.48. The van der Waals surface area contributed by atoms with Crippen molar-refractivity contribution in [2.24, 2.45) is 0 Å². The smallest absolute Gasteiger partial charge is 0.136 e. The van der Waals surface area contributed by atoms with Crippen LogP contribution in [0.4, 0.5) is 0 Å². The van der Waals surface area contributed by atoms with E-state index >= 15 is 0 Å². The third-order valence-electron chi connectivity index (χ3n) is 9.87. The molecule has 2 heterocycles. The molecule has 0 aliphatic carbocycles. The number of nitrogens with zero attached hydrogens (tertiary/aromatic N) is 1. The van der Waals surface area contributed by atoms with Crippen molar-refractivity contribution in [2.75, 3.05) is 0 Å². The lowest BCUT2D eigenvalue weighted by molar-refractivity contribution is 0.669. The molecule has 0 spiro atoms. The van der Waals surface area contributed by atoms with Crippen molar-refractivity contribution in [3.63, 3.8) is 0 Å². The second-order valence-corrected chi connectivity index (χ2v) is 12.1. The van der Waals surface area contributed by atoms with Crippen LogP contribution < -0.4 is 0 Å². The molecule has 2 aromatic heterocycles. The Kier molecular flexibility index (Phi) is 4.10. The lowest BCUT2D eigenvalue weighted by Gasteiger charge is -2.16. The van der Waals surface area contributed by atoms with Crippen molar-refractivity contribution in [1.82, 2.24) is 4.57 Å². The molecule has 2 heteroatoms. The lowest BCUT2D eigenvalue weighted by atomic mass is 9.87. The van der Waals surface area contributed by atoms with E-state index in [1.165, 1.54) is 92.1 Å². The van der Waals surface area contributed by atoms with Gasteiger partial charge in [-0.05, 0) is 90.3 Å². The van der Waals surface area contributed by atoms with Crippen LogP contribution in [0.2, 0.25) is 0 Å². The van der Waals surface area contributed by atoms with E-state index in [1.54, 1.807) is 0 Å². The molecule has 0 saturated heterocycles. The van der Waals surface area contributed by atoms with Gasteiger partial charge in [-0.2, -0.15) is 0 Å². The van der Waals surface area contributed by atoms with Crippen molar-refractivity contribution in [1.29, 1.82) is 0 Å². The van der Waals surface area contributed by atoms with Gasteiger partial charge in [0.1, 0.15) is 11.2 Å². The van der Waals surface area contributed by atoms with Gasteiger partial charge in [-0.1, -0.05) is 103 Å². The molecule has 0 bridgehead atoms. The monoisotopic (exact) mass is 557 g/mol. The molecule has 2 nitrogen and oxygen atoms in total. The molecule has 0 unspecified atom stereocenters. The average molecular weight is 558 g/mol. The summed E-state index contributed by atoms with van der Waals surface area (Å²) >= 11 is 0. The number of hydrogen-bond donors (Lipinski definition) is 0. The first-order chi connectivity index (χ1) is 21.8. The summed E-state index contributed by atoms with van der Waals surface area (Å²) < 4.78 is 8.97. The summed E-state index contributed by atoms with van der Waals surface area (Å²) in [5, 5.41) is 17.7. The highest BCUT2D eigenvalue weighted by Crippen LogP contribution is 2.48. The van der Waals surface area contributed by atoms with Crippen LogP contribution in [0, 0.1) is 0 Å². The minimum atomic E-state index is 0.931. The molecule has 11 rings (SSSR count). The quantitative estimate of drug-likeness (QED) is 0.145. The maximum atomic E-state index is 6.52. The zero-order valence-electron chi connectivity index (χ0n) is 23.6. The Morgan fingerprint density at radius 2 is 0.977 bits per heavy atom. The normalized spacial score (nSPS) is 12.5. The van der Waals surface area contributed by atoms with Gasteiger partial charge in [-0.25, -0.2) is 0 Å². The van der Waals surface area contributed by atoms with Crippen molar-refractivity contribution < 1.29 is 4.42 Å². The van der Waals surface area contributed by atoms with Crippen LogP contribution in [0.3, 0.4) is 0 Å². The number of benzene rings is 9. The van der Waals surface area contributed by atoms with Gasteiger partial charge in [0.15, 0.2) is 0 Å². The molecule has 0 radical (unpaired) electrons. The van der Waals surface area contributed by atoms with Crippen LogP contribution in [0.25, 0.3) is 103 Å². The average Bonchev–Trinajstić information content (AvgIpc) is 3.62. The summed E-state index contributed by atoms with van der Waals surface area (Å²) in [4.78, 5) is 0. The Bertz CT molecular complexity index is 2990. The number of aromatic nitrogens is 1. The fourth-order valence-electron chi connectivity index (χ4n) is 8.10. The fourth-order valence-corrected chi connectivity index (χ4v) is 8.10. The number of fused-ring (bicyclic) bond motifs is 11. The van der Waals surface area contributed by atoms with Gasteiger partial charge in [0.25, 0.3) is 0 Å². The van der Waals surface area contributed by atoms with E-state index in [0.29, 0.717) is 0 Å². The van der Waals surface area contributed by atoms with Crippen molar-refractivity contribution >= 4 is 97.6 Å².